The van der Waals surface area contributed by atoms with Crippen LogP contribution in [-0.2, 0) is 0 Å². The Morgan fingerprint density at radius 3 is 1.75 bits per heavy atom. The van der Waals surface area contributed by atoms with Crippen LogP contribution in [0, 0.1) is 0 Å². The van der Waals surface area contributed by atoms with Gasteiger partial charge in [-0.25, -0.2) is 0 Å². The van der Waals surface area contributed by atoms with E-state index in [9.17, 15) is 0 Å². The topological polar surface area (TPSA) is 3.24 Å². The van der Waals surface area contributed by atoms with Crippen molar-refractivity contribution in [2.24, 2.45) is 0 Å². The molecule has 0 bridgehead atoms. The minimum Gasteiger partial charge on any atom is -0.296 e. The molecule has 0 spiro atoms. The van der Waals surface area contributed by atoms with Crippen LogP contribution in [0.15, 0.2) is 0 Å². The number of likely N-dealkylation sites (tertiary alicyclic amines) is 1. The third-order valence-corrected chi connectivity index (χ3v) is 9.21. The molecule has 1 saturated carbocycles. The lowest BCUT2D eigenvalue weighted by molar-refractivity contribution is 0.0946. The first-order valence-electron chi connectivity index (χ1n) is 6.38. The molecule has 1 saturated heterocycles. The molecule has 0 atom stereocenters. The fourth-order valence-corrected chi connectivity index (χ4v) is 7.52. The third-order valence-electron chi connectivity index (χ3n) is 4.17. The van der Waals surface area contributed by atoms with Gasteiger partial charge in [-0.2, -0.15) is 0 Å². The van der Waals surface area contributed by atoms with E-state index in [1.165, 1.54) is 38.5 Å². The van der Waals surface area contributed by atoms with Crippen LogP contribution in [0.25, 0.3) is 0 Å². The Labute approximate surface area is 114 Å². The molecule has 94 valence electrons. The quantitative estimate of drug-likeness (QED) is 0.541. The third kappa shape index (κ3) is 2.56. The van der Waals surface area contributed by atoms with Gasteiger partial charge >= 0.3 is 6.00 Å². The summed E-state index contributed by atoms with van der Waals surface area (Å²) in [7, 11) is 0. The molecule has 5 heteroatoms. The van der Waals surface area contributed by atoms with E-state index in [4.69, 9.17) is 33.2 Å². The van der Waals surface area contributed by atoms with Crippen LogP contribution in [0.4, 0.5) is 0 Å². The van der Waals surface area contributed by atoms with Gasteiger partial charge < -0.3 is 0 Å². The van der Waals surface area contributed by atoms with Gasteiger partial charge in [0.15, 0.2) is 0 Å². The zero-order valence-electron chi connectivity index (χ0n) is 9.65. The zero-order chi connectivity index (χ0) is 11.6. The van der Waals surface area contributed by atoms with Crippen LogP contribution in [-0.4, -0.2) is 29.2 Å². The van der Waals surface area contributed by atoms with E-state index >= 15 is 0 Å². The molecule has 2 rings (SSSR count). The van der Waals surface area contributed by atoms with E-state index in [0.29, 0.717) is 0 Å². The van der Waals surface area contributed by atoms with Crippen molar-refractivity contribution < 1.29 is 0 Å². The minimum absolute atomic E-state index is 0.0453. The molecule has 0 aromatic carbocycles. The first-order chi connectivity index (χ1) is 7.56. The fraction of sp³-hybridized carbons (Fsp3) is 1.00. The highest BCUT2D eigenvalue weighted by atomic mass is 35.8. The SMILES string of the molecule is Cl[Si](Cl)(Cl)C1(N2CCCCC2)CCCCC1. The van der Waals surface area contributed by atoms with Crippen molar-refractivity contribution in [3.8, 4) is 0 Å². The van der Waals surface area contributed by atoms with Crippen molar-refractivity contribution in [1.29, 1.82) is 0 Å². The minimum atomic E-state index is -2.65. The molecule has 0 aromatic rings. The molecule has 1 heterocycles. The summed E-state index contributed by atoms with van der Waals surface area (Å²) in [4.78, 5) is 2.52. The largest absolute Gasteiger partial charge is 0.360 e. The smallest absolute Gasteiger partial charge is 0.296 e. The van der Waals surface area contributed by atoms with Crippen LogP contribution in [0.5, 0.6) is 0 Å². The molecule has 0 amide bonds. The first-order valence-corrected chi connectivity index (χ1v) is 11.4. The zero-order valence-corrected chi connectivity index (χ0v) is 12.9. The van der Waals surface area contributed by atoms with Gasteiger partial charge in [-0.3, -0.25) is 4.90 Å². The summed E-state index contributed by atoms with van der Waals surface area (Å²) in [6.07, 6.45) is 9.88. The van der Waals surface area contributed by atoms with Crippen molar-refractivity contribution in [3.63, 3.8) is 0 Å². The van der Waals surface area contributed by atoms with Crippen LogP contribution in [0.1, 0.15) is 51.4 Å². The predicted octanol–water partition coefficient (Wildman–Crippen LogP) is 4.37. The summed E-state index contributed by atoms with van der Waals surface area (Å²) in [5, 5.41) is -0.0453. The fourth-order valence-electron chi connectivity index (χ4n) is 3.24. The predicted molar refractivity (Wildman–Crippen MR) is 74.6 cm³/mol. The van der Waals surface area contributed by atoms with Gasteiger partial charge in [-0.15, -0.1) is 33.2 Å². The summed E-state index contributed by atoms with van der Waals surface area (Å²) >= 11 is 19.3. The maximum absolute atomic E-state index is 6.43. The van der Waals surface area contributed by atoms with Crippen LogP contribution in [0.2, 0.25) is 0 Å². The molecule has 0 N–H and O–H groups in total. The Kier molecular flexibility index (Phi) is 4.51. The summed E-state index contributed by atoms with van der Waals surface area (Å²) in [6.45, 7) is 2.28. The van der Waals surface area contributed by atoms with E-state index in [1.807, 2.05) is 0 Å². The van der Waals surface area contributed by atoms with Crippen molar-refractivity contribution >= 4 is 39.2 Å². The standard InChI is InChI=1S/C11H20Cl3NSi/c12-16(13,14)11(7-3-1-4-8-11)15-9-5-2-6-10-15/h1-10H2. The van der Waals surface area contributed by atoms with Crippen molar-refractivity contribution in [3.05, 3.63) is 0 Å². The Morgan fingerprint density at radius 1 is 0.750 bits per heavy atom. The van der Waals surface area contributed by atoms with Crippen molar-refractivity contribution in [1.82, 2.24) is 4.90 Å². The Hall–Kier alpha value is 1.05. The van der Waals surface area contributed by atoms with E-state index in [2.05, 4.69) is 4.90 Å². The Bertz CT molecular complexity index is 230. The normalized spacial score (nSPS) is 27.9. The molecular formula is C11H20Cl3NSi. The molecular weight excluding hydrogens is 281 g/mol. The van der Waals surface area contributed by atoms with E-state index in [0.717, 1.165) is 25.9 Å². The molecule has 1 aliphatic heterocycles. The first kappa shape index (κ1) is 13.5. The summed E-state index contributed by atoms with van der Waals surface area (Å²) < 4.78 is 0. The number of rotatable bonds is 2. The molecule has 1 nitrogen and oxygen atoms in total. The van der Waals surface area contributed by atoms with E-state index in [-0.39, 0.29) is 5.16 Å². The van der Waals surface area contributed by atoms with Gasteiger partial charge in [0.05, 0.1) is 5.16 Å². The number of nitrogens with zero attached hydrogens (tertiary/aromatic N) is 1. The summed E-state index contributed by atoms with van der Waals surface area (Å²) in [5.74, 6) is 0. The maximum atomic E-state index is 6.43. The average Bonchev–Trinajstić information content (AvgIpc) is 2.30. The number of hydrogen-bond donors (Lipinski definition) is 0. The van der Waals surface area contributed by atoms with E-state index in [1.54, 1.807) is 0 Å². The second-order valence-electron chi connectivity index (χ2n) is 5.14. The maximum Gasteiger partial charge on any atom is 0.360 e. The lowest BCUT2D eigenvalue weighted by Crippen LogP contribution is -2.62. The highest BCUT2D eigenvalue weighted by molar-refractivity contribution is 7.65. The van der Waals surface area contributed by atoms with Crippen molar-refractivity contribution in [2.45, 2.75) is 56.5 Å². The lowest BCUT2D eigenvalue weighted by Gasteiger charge is -2.50. The Morgan fingerprint density at radius 2 is 1.25 bits per heavy atom. The Balaban J connectivity index is 2.18. The molecule has 2 fully saturated rings. The van der Waals surface area contributed by atoms with Crippen LogP contribution in [0.3, 0.4) is 0 Å². The molecule has 0 aromatic heterocycles. The van der Waals surface area contributed by atoms with Crippen LogP contribution < -0.4 is 0 Å². The molecule has 16 heavy (non-hydrogen) atoms. The lowest BCUT2D eigenvalue weighted by atomic mass is 9.91. The highest BCUT2D eigenvalue weighted by Gasteiger charge is 2.55. The van der Waals surface area contributed by atoms with Crippen LogP contribution >= 0.6 is 33.2 Å². The second kappa shape index (κ2) is 5.36. The van der Waals surface area contributed by atoms with Gasteiger partial charge in [0.1, 0.15) is 0 Å². The number of piperidine rings is 1. The van der Waals surface area contributed by atoms with Crippen molar-refractivity contribution in [2.75, 3.05) is 13.1 Å². The molecule has 2 aliphatic rings. The van der Waals surface area contributed by atoms with Gasteiger partial charge in [-0.05, 0) is 38.8 Å². The van der Waals surface area contributed by atoms with E-state index < -0.39 is 6.00 Å². The van der Waals surface area contributed by atoms with Gasteiger partial charge in [0, 0.05) is 0 Å². The molecule has 0 unspecified atom stereocenters. The number of halogens is 3. The van der Waals surface area contributed by atoms with Gasteiger partial charge in [0.25, 0.3) is 0 Å². The number of hydrogen-bond acceptors (Lipinski definition) is 1. The van der Waals surface area contributed by atoms with Gasteiger partial charge in [-0.1, -0.05) is 25.7 Å². The molecule has 1 aliphatic carbocycles. The monoisotopic (exact) mass is 299 g/mol. The summed E-state index contributed by atoms with van der Waals surface area (Å²) in [5.41, 5.74) is 0. The average molecular weight is 301 g/mol. The van der Waals surface area contributed by atoms with Gasteiger partial charge in [0.2, 0.25) is 0 Å². The molecule has 0 radical (unpaired) electrons. The summed E-state index contributed by atoms with van der Waals surface area (Å²) in [6, 6.07) is -2.65. The second-order valence-corrected chi connectivity index (χ2v) is 13.9. The highest BCUT2D eigenvalue weighted by Crippen LogP contribution is 2.47.